The van der Waals surface area contributed by atoms with Gasteiger partial charge >= 0.3 is 6.18 Å². The molecule has 2 aromatic rings. The van der Waals surface area contributed by atoms with Gasteiger partial charge in [0.05, 0.1) is 6.26 Å². The number of carbonyl (C=O) groups excluding carboxylic acids is 2. The third kappa shape index (κ3) is 6.88. The Balaban J connectivity index is 1.66. The number of benzene rings is 1. The smallest absolute Gasteiger partial charge is 0.422 e. The van der Waals surface area contributed by atoms with Crippen molar-refractivity contribution in [1.29, 1.82) is 0 Å². The molecule has 0 spiro atoms. The molecule has 0 saturated carbocycles. The molecule has 26 heavy (non-hydrogen) atoms. The number of rotatable bonds is 8. The Morgan fingerprint density at radius 1 is 1.12 bits per heavy atom. The minimum absolute atomic E-state index is 0.0564. The summed E-state index contributed by atoms with van der Waals surface area (Å²) < 4.78 is 45.7. The first-order valence-corrected chi connectivity index (χ1v) is 7.75. The number of carbonyl (C=O) groups is 2. The van der Waals surface area contributed by atoms with Gasteiger partial charge in [-0.25, -0.2) is 0 Å². The van der Waals surface area contributed by atoms with Crippen molar-refractivity contribution in [3.63, 3.8) is 0 Å². The van der Waals surface area contributed by atoms with Crippen molar-refractivity contribution < 1.29 is 31.9 Å². The van der Waals surface area contributed by atoms with Crippen molar-refractivity contribution in [3.05, 3.63) is 48.4 Å². The molecular weight excluding hydrogens is 353 g/mol. The van der Waals surface area contributed by atoms with E-state index in [9.17, 15) is 22.8 Å². The van der Waals surface area contributed by atoms with E-state index in [1.54, 1.807) is 6.07 Å². The lowest BCUT2D eigenvalue weighted by atomic mass is 10.2. The molecule has 0 aliphatic carbocycles. The zero-order valence-corrected chi connectivity index (χ0v) is 13.6. The number of halogens is 3. The normalized spacial score (nSPS) is 11.0. The van der Waals surface area contributed by atoms with Crippen molar-refractivity contribution in [2.75, 3.05) is 18.5 Å². The standard InChI is InChI=1S/C17H17F3N2O4/c18-17(19,20)11-26-13-7-5-12(6-8-13)22-15(23)4-1-9-21-16(24)14-3-2-10-25-14/h2-3,5-8,10H,1,4,9,11H2,(H,21,24)(H,22,23). The zero-order valence-electron chi connectivity index (χ0n) is 13.6. The molecule has 0 atom stereocenters. The summed E-state index contributed by atoms with van der Waals surface area (Å²) in [5.41, 5.74) is 0.439. The lowest BCUT2D eigenvalue weighted by Gasteiger charge is -2.10. The van der Waals surface area contributed by atoms with Crippen LogP contribution in [0.4, 0.5) is 18.9 Å². The highest BCUT2D eigenvalue weighted by Gasteiger charge is 2.28. The summed E-state index contributed by atoms with van der Waals surface area (Å²) in [6.45, 7) is -1.07. The first-order valence-electron chi connectivity index (χ1n) is 7.75. The van der Waals surface area contributed by atoms with Crippen molar-refractivity contribution >= 4 is 17.5 Å². The van der Waals surface area contributed by atoms with E-state index in [0.717, 1.165) is 0 Å². The van der Waals surface area contributed by atoms with Crippen LogP contribution in [0.25, 0.3) is 0 Å². The van der Waals surface area contributed by atoms with Crippen molar-refractivity contribution in [3.8, 4) is 5.75 Å². The van der Waals surface area contributed by atoms with Crippen LogP contribution in [0.3, 0.4) is 0 Å². The molecular formula is C17H17F3N2O4. The monoisotopic (exact) mass is 370 g/mol. The molecule has 2 rings (SSSR count). The largest absolute Gasteiger partial charge is 0.484 e. The first kappa shape index (κ1) is 19.4. The van der Waals surface area contributed by atoms with Crippen LogP contribution in [0.1, 0.15) is 23.4 Å². The summed E-state index contributed by atoms with van der Waals surface area (Å²) in [6, 6.07) is 8.70. The highest BCUT2D eigenvalue weighted by atomic mass is 19.4. The van der Waals surface area contributed by atoms with Gasteiger partial charge < -0.3 is 19.8 Å². The number of alkyl halides is 3. The van der Waals surface area contributed by atoms with Crippen molar-refractivity contribution in [2.45, 2.75) is 19.0 Å². The van der Waals surface area contributed by atoms with E-state index in [4.69, 9.17) is 4.42 Å². The predicted molar refractivity (Wildman–Crippen MR) is 86.9 cm³/mol. The molecule has 0 aliphatic heterocycles. The summed E-state index contributed by atoms with van der Waals surface area (Å²) in [5.74, 6) is -0.380. The van der Waals surface area contributed by atoms with Gasteiger partial charge in [-0.1, -0.05) is 0 Å². The summed E-state index contributed by atoms with van der Waals surface area (Å²) in [7, 11) is 0. The topological polar surface area (TPSA) is 80.6 Å². The highest BCUT2D eigenvalue weighted by molar-refractivity contribution is 5.92. The number of anilines is 1. The lowest BCUT2D eigenvalue weighted by molar-refractivity contribution is -0.153. The minimum atomic E-state index is -4.40. The average Bonchev–Trinajstić information content (AvgIpc) is 3.12. The van der Waals surface area contributed by atoms with Crippen LogP contribution in [-0.4, -0.2) is 31.1 Å². The maximum Gasteiger partial charge on any atom is 0.422 e. The van der Waals surface area contributed by atoms with E-state index in [1.807, 2.05) is 0 Å². The van der Waals surface area contributed by atoms with E-state index in [-0.39, 0.29) is 29.7 Å². The predicted octanol–water partition coefficient (Wildman–Crippen LogP) is 3.37. The van der Waals surface area contributed by atoms with Crippen LogP contribution >= 0.6 is 0 Å². The minimum Gasteiger partial charge on any atom is -0.484 e. The second kappa shape index (κ2) is 8.93. The van der Waals surface area contributed by atoms with Gasteiger partial charge in [0.1, 0.15) is 5.75 Å². The quantitative estimate of drug-likeness (QED) is 0.698. The fourth-order valence-electron chi connectivity index (χ4n) is 1.97. The van der Waals surface area contributed by atoms with E-state index in [2.05, 4.69) is 15.4 Å². The second-order valence-electron chi connectivity index (χ2n) is 5.31. The van der Waals surface area contributed by atoms with E-state index in [1.165, 1.54) is 36.6 Å². The molecule has 0 fully saturated rings. The Morgan fingerprint density at radius 2 is 1.85 bits per heavy atom. The Hall–Kier alpha value is -2.97. The number of furan rings is 1. The van der Waals surface area contributed by atoms with Gasteiger partial charge in [-0.05, 0) is 42.8 Å². The van der Waals surface area contributed by atoms with Gasteiger partial charge in [-0.2, -0.15) is 13.2 Å². The van der Waals surface area contributed by atoms with E-state index < -0.39 is 12.8 Å². The fourth-order valence-corrected chi connectivity index (χ4v) is 1.97. The Kier molecular flexibility index (Phi) is 6.65. The molecule has 0 saturated heterocycles. The molecule has 0 bridgehead atoms. The van der Waals surface area contributed by atoms with Crippen LogP contribution < -0.4 is 15.4 Å². The number of ether oxygens (including phenoxy) is 1. The molecule has 9 heteroatoms. The van der Waals surface area contributed by atoms with Gasteiger partial charge in [0.2, 0.25) is 5.91 Å². The Morgan fingerprint density at radius 3 is 2.46 bits per heavy atom. The SMILES string of the molecule is O=C(CCCNC(=O)c1ccco1)Nc1ccc(OCC(F)(F)F)cc1. The zero-order chi connectivity index (χ0) is 19.0. The van der Waals surface area contributed by atoms with Crippen LogP contribution in [0.15, 0.2) is 47.1 Å². The fraction of sp³-hybridized carbons (Fsp3) is 0.294. The van der Waals surface area contributed by atoms with Gasteiger partial charge in [0, 0.05) is 18.7 Å². The average molecular weight is 370 g/mol. The molecule has 1 aromatic carbocycles. The highest BCUT2D eigenvalue weighted by Crippen LogP contribution is 2.20. The number of hydrogen-bond donors (Lipinski definition) is 2. The molecule has 6 nitrogen and oxygen atoms in total. The summed E-state index contributed by atoms with van der Waals surface area (Å²) in [6.07, 6.45) is -2.42. The van der Waals surface area contributed by atoms with Crippen LogP contribution in [0, 0.1) is 0 Å². The number of nitrogens with one attached hydrogen (secondary N) is 2. The third-order valence-corrected chi connectivity index (χ3v) is 3.15. The van der Waals surface area contributed by atoms with Gasteiger partial charge in [0.15, 0.2) is 12.4 Å². The summed E-state index contributed by atoms with van der Waals surface area (Å²) >= 11 is 0. The maximum absolute atomic E-state index is 12.1. The Labute approximate surface area is 147 Å². The third-order valence-electron chi connectivity index (χ3n) is 3.15. The maximum atomic E-state index is 12.1. The molecule has 2 amide bonds. The van der Waals surface area contributed by atoms with Gasteiger partial charge in [-0.15, -0.1) is 0 Å². The first-order chi connectivity index (χ1) is 12.3. The molecule has 0 aliphatic rings. The van der Waals surface area contributed by atoms with Crippen molar-refractivity contribution in [1.82, 2.24) is 5.32 Å². The summed E-state index contributed by atoms with van der Waals surface area (Å²) in [5, 5.41) is 5.23. The molecule has 0 unspecified atom stereocenters. The molecule has 1 heterocycles. The number of hydrogen-bond acceptors (Lipinski definition) is 4. The second-order valence-corrected chi connectivity index (χ2v) is 5.31. The van der Waals surface area contributed by atoms with Crippen LogP contribution in [0.5, 0.6) is 5.75 Å². The van der Waals surface area contributed by atoms with Crippen LogP contribution in [0.2, 0.25) is 0 Å². The molecule has 0 radical (unpaired) electrons. The van der Waals surface area contributed by atoms with Crippen LogP contribution in [-0.2, 0) is 4.79 Å². The molecule has 1 aromatic heterocycles. The van der Waals surface area contributed by atoms with E-state index in [0.29, 0.717) is 18.7 Å². The molecule has 2 N–H and O–H groups in total. The van der Waals surface area contributed by atoms with Gasteiger partial charge in [-0.3, -0.25) is 9.59 Å². The number of amides is 2. The van der Waals surface area contributed by atoms with E-state index >= 15 is 0 Å². The van der Waals surface area contributed by atoms with Crippen molar-refractivity contribution in [2.24, 2.45) is 0 Å². The lowest BCUT2D eigenvalue weighted by Crippen LogP contribution is -2.25. The Bertz CT molecular complexity index is 713. The molecule has 140 valence electrons. The summed E-state index contributed by atoms with van der Waals surface area (Å²) in [4.78, 5) is 23.4. The van der Waals surface area contributed by atoms with Gasteiger partial charge in [0.25, 0.3) is 5.91 Å².